The molecule has 0 N–H and O–H groups in total. The van der Waals surface area contributed by atoms with Crippen LogP contribution in [0.5, 0.6) is 0 Å². The highest BCUT2D eigenvalue weighted by Crippen LogP contribution is 2.22. The summed E-state index contributed by atoms with van der Waals surface area (Å²) < 4.78 is 2.02. The highest BCUT2D eigenvalue weighted by Gasteiger charge is 2.20. The van der Waals surface area contributed by atoms with Crippen LogP contribution < -0.4 is 0 Å². The van der Waals surface area contributed by atoms with E-state index >= 15 is 0 Å². The molecule has 3 heterocycles. The highest BCUT2D eigenvalue weighted by atomic mass is 35.5. The van der Waals surface area contributed by atoms with Crippen molar-refractivity contribution in [2.75, 3.05) is 19.6 Å². The van der Waals surface area contributed by atoms with Gasteiger partial charge in [0, 0.05) is 12.6 Å². The molecule has 0 unspecified atom stereocenters. The molecule has 2 aromatic rings. The molecule has 5 heteroatoms. The summed E-state index contributed by atoms with van der Waals surface area (Å²) >= 11 is 6.12. The van der Waals surface area contributed by atoms with Gasteiger partial charge in [0.1, 0.15) is 5.82 Å². The van der Waals surface area contributed by atoms with Gasteiger partial charge >= 0.3 is 0 Å². The molecule has 0 spiro atoms. The first-order chi connectivity index (χ1) is 9.28. The zero-order valence-corrected chi connectivity index (χ0v) is 12.0. The smallest absolute Gasteiger partial charge is 0.179 e. The second-order valence-corrected chi connectivity index (χ2v) is 5.65. The fourth-order valence-electron chi connectivity index (χ4n) is 2.84. The number of hydrogen-bond donors (Lipinski definition) is 0. The van der Waals surface area contributed by atoms with Crippen LogP contribution >= 0.6 is 11.6 Å². The molecule has 0 atom stereocenters. The van der Waals surface area contributed by atoms with E-state index in [-0.39, 0.29) is 0 Å². The molecule has 0 bridgehead atoms. The van der Waals surface area contributed by atoms with Gasteiger partial charge in [-0.15, -0.1) is 10.2 Å². The van der Waals surface area contributed by atoms with Crippen molar-refractivity contribution in [3.8, 4) is 0 Å². The number of likely N-dealkylation sites (tertiary alicyclic amines) is 1. The molecule has 19 heavy (non-hydrogen) atoms. The van der Waals surface area contributed by atoms with E-state index in [0.29, 0.717) is 10.9 Å². The van der Waals surface area contributed by atoms with Gasteiger partial charge in [-0.1, -0.05) is 18.5 Å². The molecular weight excluding hydrogens is 260 g/mol. The quantitative estimate of drug-likeness (QED) is 0.865. The summed E-state index contributed by atoms with van der Waals surface area (Å²) in [5, 5.41) is 9.16. The lowest BCUT2D eigenvalue weighted by atomic mass is 9.93. The Hall–Kier alpha value is -1.13. The average Bonchev–Trinajstić information content (AvgIpc) is 2.84. The van der Waals surface area contributed by atoms with E-state index < -0.39 is 0 Å². The molecule has 3 rings (SSSR count). The molecule has 0 saturated carbocycles. The van der Waals surface area contributed by atoms with Crippen molar-refractivity contribution in [2.24, 2.45) is 5.92 Å². The maximum atomic E-state index is 6.12. The minimum atomic E-state index is 0.669. The molecule has 0 radical (unpaired) electrons. The molecule has 2 aromatic heterocycles. The molecular formula is C14H19ClN4. The second-order valence-electron chi connectivity index (χ2n) is 5.25. The highest BCUT2D eigenvalue weighted by molar-refractivity contribution is 6.33. The second kappa shape index (κ2) is 5.47. The van der Waals surface area contributed by atoms with Gasteiger partial charge in [-0.3, -0.25) is 4.40 Å². The van der Waals surface area contributed by atoms with Crippen molar-refractivity contribution in [3.05, 3.63) is 29.2 Å². The Kier molecular flexibility index (Phi) is 3.71. The number of halogens is 1. The van der Waals surface area contributed by atoms with E-state index in [4.69, 9.17) is 11.6 Å². The zero-order valence-electron chi connectivity index (χ0n) is 11.2. The topological polar surface area (TPSA) is 33.4 Å². The molecule has 1 aliphatic heterocycles. The van der Waals surface area contributed by atoms with Gasteiger partial charge in [-0.25, -0.2) is 0 Å². The fraction of sp³-hybridized carbons (Fsp3) is 0.571. The van der Waals surface area contributed by atoms with Crippen molar-refractivity contribution in [1.29, 1.82) is 0 Å². The number of hydrogen-bond acceptors (Lipinski definition) is 3. The van der Waals surface area contributed by atoms with Gasteiger partial charge in [-0.2, -0.15) is 0 Å². The van der Waals surface area contributed by atoms with Crippen LogP contribution in [0.1, 0.15) is 25.6 Å². The molecule has 4 nitrogen and oxygen atoms in total. The van der Waals surface area contributed by atoms with Gasteiger partial charge in [0.05, 0.1) is 5.02 Å². The lowest BCUT2D eigenvalue weighted by Crippen LogP contribution is -2.34. The first-order valence-electron chi connectivity index (χ1n) is 6.98. The normalized spacial score (nSPS) is 18.2. The number of nitrogens with zero attached hydrogens (tertiary/aromatic N) is 4. The van der Waals surface area contributed by atoms with E-state index in [1.54, 1.807) is 0 Å². The average molecular weight is 279 g/mol. The summed E-state index contributed by atoms with van der Waals surface area (Å²) in [5.74, 6) is 1.75. The van der Waals surface area contributed by atoms with Crippen LogP contribution in [0.2, 0.25) is 5.02 Å². The summed E-state index contributed by atoms with van der Waals surface area (Å²) in [6, 6.07) is 3.80. The third kappa shape index (κ3) is 2.60. The van der Waals surface area contributed by atoms with Crippen LogP contribution in [-0.2, 0) is 6.42 Å². The fourth-order valence-corrected chi connectivity index (χ4v) is 3.04. The van der Waals surface area contributed by atoms with Crippen molar-refractivity contribution in [1.82, 2.24) is 19.5 Å². The van der Waals surface area contributed by atoms with Crippen LogP contribution in [0.15, 0.2) is 18.3 Å². The SMILES string of the molecule is CCN1CCC(Cc2nnc3c(Cl)cccn23)CC1. The van der Waals surface area contributed by atoms with Crippen molar-refractivity contribution >= 4 is 17.2 Å². The molecule has 102 valence electrons. The van der Waals surface area contributed by atoms with E-state index in [2.05, 4.69) is 22.0 Å². The number of pyridine rings is 1. The van der Waals surface area contributed by atoms with Gasteiger partial charge < -0.3 is 4.90 Å². The van der Waals surface area contributed by atoms with Crippen LogP contribution in [-0.4, -0.2) is 39.1 Å². The minimum absolute atomic E-state index is 0.669. The predicted molar refractivity (Wildman–Crippen MR) is 76.5 cm³/mol. The summed E-state index contributed by atoms with van der Waals surface area (Å²) in [5.41, 5.74) is 0.769. The number of piperidine rings is 1. The lowest BCUT2D eigenvalue weighted by Gasteiger charge is -2.30. The third-order valence-electron chi connectivity index (χ3n) is 4.08. The van der Waals surface area contributed by atoms with Gasteiger partial charge in [0.2, 0.25) is 0 Å². The Morgan fingerprint density at radius 2 is 2.11 bits per heavy atom. The van der Waals surface area contributed by atoms with E-state index in [9.17, 15) is 0 Å². The van der Waals surface area contributed by atoms with Gasteiger partial charge in [0.25, 0.3) is 0 Å². The van der Waals surface area contributed by atoms with Crippen LogP contribution in [0.4, 0.5) is 0 Å². The van der Waals surface area contributed by atoms with Gasteiger partial charge in [0.15, 0.2) is 5.65 Å². The van der Waals surface area contributed by atoms with E-state index in [0.717, 1.165) is 24.4 Å². The Morgan fingerprint density at radius 3 is 2.84 bits per heavy atom. The van der Waals surface area contributed by atoms with Crippen LogP contribution in [0, 0.1) is 5.92 Å². The summed E-state index contributed by atoms with van der Waals surface area (Å²) in [6.45, 7) is 5.81. The summed E-state index contributed by atoms with van der Waals surface area (Å²) in [7, 11) is 0. The molecule has 0 aliphatic carbocycles. The largest absolute Gasteiger partial charge is 0.304 e. The zero-order chi connectivity index (χ0) is 13.2. The summed E-state index contributed by atoms with van der Waals surface area (Å²) in [6.07, 6.45) is 5.50. The summed E-state index contributed by atoms with van der Waals surface area (Å²) in [4.78, 5) is 2.51. The standard InChI is InChI=1S/C14H19ClN4/c1-2-18-8-5-11(6-9-18)10-13-16-17-14-12(15)4-3-7-19(13)14/h3-4,7,11H,2,5-6,8-10H2,1H3. The maximum Gasteiger partial charge on any atom is 0.179 e. The number of aromatic nitrogens is 3. The number of fused-ring (bicyclic) bond motifs is 1. The lowest BCUT2D eigenvalue weighted by molar-refractivity contribution is 0.190. The minimum Gasteiger partial charge on any atom is -0.304 e. The molecule has 0 aromatic carbocycles. The first kappa shape index (κ1) is 12.9. The van der Waals surface area contributed by atoms with Crippen molar-refractivity contribution < 1.29 is 0 Å². The van der Waals surface area contributed by atoms with Crippen LogP contribution in [0.25, 0.3) is 5.65 Å². The van der Waals surface area contributed by atoms with Gasteiger partial charge in [-0.05, 0) is 50.5 Å². The van der Waals surface area contributed by atoms with E-state index in [1.807, 2.05) is 22.7 Å². The molecule has 1 saturated heterocycles. The van der Waals surface area contributed by atoms with Crippen LogP contribution in [0.3, 0.4) is 0 Å². The number of rotatable bonds is 3. The van der Waals surface area contributed by atoms with E-state index in [1.165, 1.54) is 25.9 Å². The Morgan fingerprint density at radius 1 is 1.32 bits per heavy atom. The Balaban J connectivity index is 1.74. The Bertz CT molecular complexity index is 558. The first-order valence-corrected chi connectivity index (χ1v) is 7.36. The molecule has 1 aliphatic rings. The third-order valence-corrected chi connectivity index (χ3v) is 4.38. The predicted octanol–water partition coefficient (Wildman–Crippen LogP) is 2.66. The Labute approximate surface area is 118 Å². The van der Waals surface area contributed by atoms with Crippen molar-refractivity contribution in [2.45, 2.75) is 26.2 Å². The molecule has 0 amide bonds. The monoisotopic (exact) mass is 278 g/mol. The maximum absolute atomic E-state index is 6.12. The molecule has 1 fully saturated rings. The van der Waals surface area contributed by atoms with Crippen molar-refractivity contribution in [3.63, 3.8) is 0 Å².